The van der Waals surface area contributed by atoms with Gasteiger partial charge < -0.3 is 9.80 Å². The second-order valence-electron chi connectivity index (χ2n) is 9.00. The molecule has 1 saturated heterocycles. The van der Waals surface area contributed by atoms with Crippen LogP contribution >= 0.6 is 11.8 Å². The number of nitro groups is 1. The Hall–Kier alpha value is -3.13. The molecule has 0 saturated carbocycles. The Morgan fingerprint density at radius 3 is 2.24 bits per heavy atom. The molecule has 2 aromatic carbocycles. The van der Waals surface area contributed by atoms with Crippen LogP contribution in [0.4, 0.5) is 5.69 Å². The lowest BCUT2D eigenvalue weighted by Crippen LogP contribution is -2.49. The highest BCUT2D eigenvalue weighted by Gasteiger charge is 2.22. The average molecular weight is 468 g/mol. The molecule has 3 rings (SSSR count). The quantitative estimate of drug-likeness (QED) is 0.360. The maximum absolute atomic E-state index is 12.5. The number of amides is 2. The minimum Gasteiger partial charge on any atom is -0.339 e. The summed E-state index contributed by atoms with van der Waals surface area (Å²) in [6.45, 7) is 9.86. The molecule has 7 nitrogen and oxygen atoms in total. The molecule has 2 amide bonds. The zero-order valence-electron chi connectivity index (χ0n) is 19.4. The largest absolute Gasteiger partial charge is 0.339 e. The van der Waals surface area contributed by atoms with Crippen molar-refractivity contribution in [2.75, 3.05) is 26.2 Å². The highest BCUT2D eigenvalue weighted by atomic mass is 32.2. The summed E-state index contributed by atoms with van der Waals surface area (Å²) in [4.78, 5) is 40.3. The highest BCUT2D eigenvalue weighted by molar-refractivity contribution is 7.99. The zero-order chi connectivity index (χ0) is 24.2. The molecule has 33 heavy (non-hydrogen) atoms. The molecule has 0 aromatic heterocycles. The van der Waals surface area contributed by atoms with Crippen molar-refractivity contribution in [2.24, 2.45) is 0 Å². The van der Waals surface area contributed by atoms with Crippen molar-refractivity contribution < 1.29 is 14.5 Å². The first-order valence-corrected chi connectivity index (χ1v) is 11.7. The Morgan fingerprint density at radius 2 is 1.64 bits per heavy atom. The van der Waals surface area contributed by atoms with Crippen molar-refractivity contribution in [3.8, 4) is 0 Å². The highest BCUT2D eigenvalue weighted by Crippen LogP contribution is 2.40. The summed E-state index contributed by atoms with van der Waals surface area (Å²) in [5.41, 5.74) is 1.64. The van der Waals surface area contributed by atoms with E-state index in [1.807, 2.05) is 24.3 Å². The number of hydrogen-bond donors (Lipinski definition) is 0. The number of piperazine rings is 1. The fraction of sp³-hybridized carbons (Fsp3) is 0.360. The van der Waals surface area contributed by atoms with Crippen molar-refractivity contribution in [2.45, 2.75) is 42.9 Å². The van der Waals surface area contributed by atoms with Crippen LogP contribution in [-0.4, -0.2) is 52.7 Å². The molecule has 0 spiro atoms. The number of benzene rings is 2. The van der Waals surface area contributed by atoms with Crippen LogP contribution < -0.4 is 0 Å². The van der Waals surface area contributed by atoms with Crippen molar-refractivity contribution in [1.29, 1.82) is 0 Å². The summed E-state index contributed by atoms with van der Waals surface area (Å²) in [5, 5.41) is 11.8. The van der Waals surface area contributed by atoms with Gasteiger partial charge in [-0.05, 0) is 34.8 Å². The van der Waals surface area contributed by atoms with Crippen molar-refractivity contribution >= 4 is 35.3 Å². The van der Waals surface area contributed by atoms with E-state index in [2.05, 4.69) is 20.8 Å². The number of hydrogen-bond acceptors (Lipinski definition) is 5. The van der Waals surface area contributed by atoms with Gasteiger partial charge in [-0.25, -0.2) is 0 Å². The van der Waals surface area contributed by atoms with Gasteiger partial charge in [-0.2, -0.15) is 0 Å². The smallest absolute Gasteiger partial charge is 0.283 e. The fourth-order valence-electron chi connectivity index (χ4n) is 3.68. The molecule has 0 unspecified atom stereocenters. The molecule has 1 aliphatic heterocycles. The predicted octanol–water partition coefficient (Wildman–Crippen LogP) is 4.75. The molecule has 0 atom stereocenters. The Kier molecular flexibility index (Phi) is 7.58. The zero-order valence-corrected chi connectivity index (χ0v) is 20.2. The van der Waals surface area contributed by atoms with E-state index in [-0.39, 0.29) is 27.8 Å². The van der Waals surface area contributed by atoms with E-state index in [1.54, 1.807) is 28.0 Å². The number of carbonyl (C=O) groups excluding carboxylic acids is 2. The third kappa shape index (κ3) is 6.22. The van der Waals surface area contributed by atoms with Gasteiger partial charge in [-0.15, -0.1) is 0 Å². The van der Waals surface area contributed by atoms with Crippen LogP contribution in [0, 0.1) is 10.1 Å². The van der Waals surface area contributed by atoms with E-state index < -0.39 is 0 Å². The maximum Gasteiger partial charge on any atom is 0.283 e. The van der Waals surface area contributed by atoms with E-state index in [4.69, 9.17) is 0 Å². The molecule has 0 N–H and O–H groups in total. The van der Waals surface area contributed by atoms with Gasteiger partial charge in [0.25, 0.3) is 5.69 Å². The van der Waals surface area contributed by atoms with E-state index in [0.717, 1.165) is 10.5 Å². The van der Waals surface area contributed by atoms with Crippen molar-refractivity contribution in [3.63, 3.8) is 0 Å². The molecule has 174 valence electrons. The summed E-state index contributed by atoms with van der Waals surface area (Å²) >= 11 is 1.38. The number of rotatable bonds is 5. The topological polar surface area (TPSA) is 83.8 Å². The number of nitro benzene ring substituents is 1. The monoisotopic (exact) mass is 467 g/mol. The van der Waals surface area contributed by atoms with E-state index in [1.165, 1.54) is 30.8 Å². The van der Waals surface area contributed by atoms with Gasteiger partial charge in [0.05, 0.1) is 9.82 Å². The normalized spacial score (nSPS) is 14.5. The molecular weight excluding hydrogens is 438 g/mol. The second kappa shape index (κ2) is 10.2. The minimum atomic E-state index is -0.387. The molecule has 0 radical (unpaired) electrons. The van der Waals surface area contributed by atoms with Crippen molar-refractivity contribution in [1.82, 2.24) is 9.80 Å². The summed E-state index contributed by atoms with van der Waals surface area (Å²) < 4.78 is 0. The van der Waals surface area contributed by atoms with Gasteiger partial charge in [0, 0.05) is 50.1 Å². The first kappa shape index (κ1) is 24.5. The Labute approximate surface area is 198 Å². The van der Waals surface area contributed by atoms with Crippen LogP contribution in [-0.2, 0) is 15.0 Å². The Balaban J connectivity index is 1.77. The lowest BCUT2D eigenvalue weighted by molar-refractivity contribution is -0.387. The minimum absolute atomic E-state index is 0.00744. The van der Waals surface area contributed by atoms with E-state index in [0.29, 0.717) is 36.6 Å². The molecule has 0 bridgehead atoms. The lowest BCUT2D eigenvalue weighted by atomic mass is 9.87. The van der Waals surface area contributed by atoms with Crippen LogP contribution in [0.15, 0.2) is 58.3 Å². The van der Waals surface area contributed by atoms with E-state index >= 15 is 0 Å². The lowest BCUT2D eigenvalue weighted by Gasteiger charge is -2.33. The molecule has 8 heteroatoms. The molecular formula is C25H29N3O4S. The van der Waals surface area contributed by atoms with Crippen molar-refractivity contribution in [3.05, 3.63) is 69.8 Å². The summed E-state index contributed by atoms with van der Waals surface area (Å²) in [6.07, 6.45) is 3.04. The number of nitrogens with zero attached hydrogens (tertiary/aromatic N) is 3. The standard InChI is InChI=1S/C25H29N3O4S/c1-18(29)26-13-15-27(16-14-26)24(30)12-10-19-9-11-23(21(17-19)28(31)32)33-22-8-6-5-7-20(22)25(2,3)4/h5-12,17H,13-16H2,1-4H3. The fourth-order valence-corrected chi connectivity index (χ4v) is 4.92. The predicted molar refractivity (Wildman–Crippen MR) is 130 cm³/mol. The van der Waals surface area contributed by atoms with Gasteiger partial charge in [-0.1, -0.05) is 56.8 Å². The van der Waals surface area contributed by atoms with Gasteiger partial charge in [0.1, 0.15) is 0 Å². The van der Waals surface area contributed by atoms with Gasteiger partial charge in [-0.3, -0.25) is 19.7 Å². The third-order valence-electron chi connectivity index (χ3n) is 5.55. The molecule has 1 heterocycles. The molecule has 1 fully saturated rings. The van der Waals surface area contributed by atoms with Crippen LogP contribution in [0.25, 0.3) is 6.08 Å². The first-order valence-electron chi connectivity index (χ1n) is 10.8. The maximum atomic E-state index is 12.5. The molecule has 0 aliphatic carbocycles. The van der Waals surface area contributed by atoms with Crippen LogP contribution in [0.3, 0.4) is 0 Å². The van der Waals surface area contributed by atoms with Gasteiger partial charge in [0.2, 0.25) is 11.8 Å². The molecule has 1 aliphatic rings. The van der Waals surface area contributed by atoms with Gasteiger partial charge in [0.15, 0.2) is 0 Å². The Morgan fingerprint density at radius 1 is 1.00 bits per heavy atom. The van der Waals surface area contributed by atoms with E-state index in [9.17, 15) is 19.7 Å². The van der Waals surface area contributed by atoms with Crippen LogP contribution in [0.5, 0.6) is 0 Å². The average Bonchev–Trinajstić information content (AvgIpc) is 2.77. The second-order valence-corrected chi connectivity index (χ2v) is 10.1. The number of carbonyl (C=O) groups is 2. The summed E-state index contributed by atoms with van der Waals surface area (Å²) in [6, 6.07) is 13.0. The molecule has 2 aromatic rings. The summed E-state index contributed by atoms with van der Waals surface area (Å²) in [7, 11) is 0. The first-order chi connectivity index (χ1) is 15.6. The van der Waals surface area contributed by atoms with Gasteiger partial charge >= 0.3 is 0 Å². The summed E-state index contributed by atoms with van der Waals surface area (Å²) in [5.74, 6) is -0.161. The van der Waals surface area contributed by atoms with Crippen LogP contribution in [0.2, 0.25) is 0 Å². The Bertz CT molecular complexity index is 1080. The van der Waals surface area contributed by atoms with Crippen LogP contribution in [0.1, 0.15) is 38.8 Å². The SMILES string of the molecule is CC(=O)N1CCN(C(=O)C=Cc2ccc(Sc3ccccc3C(C)(C)C)c([N+](=O)[O-])c2)CC1. The third-order valence-corrected chi connectivity index (χ3v) is 6.69.